The van der Waals surface area contributed by atoms with Crippen LogP contribution in [0.25, 0.3) is 49.2 Å². The Morgan fingerprint density at radius 3 is 2.18 bits per heavy atom. The molecule has 0 spiro atoms. The number of benzene rings is 5. The number of aliphatic hydroxyl groups is 3. The fourth-order valence-electron chi connectivity index (χ4n) is 8.01. The first-order chi connectivity index (χ1) is 24.5. The summed E-state index contributed by atoms with van der Waals surface area (Å²) in [4.78, 5) is 53.5. The number of phenolic OH excluding ortho intramolecular Hbond substituents is 1. The van der Waals surface area contributed by atoms with Crippen molar-refractivity contribution in [1.82, 2.24) is 0 Å². The molecule has 1 aliphatic rings. The molecule has 0 heterocycles. The van der Waals surface area contributed by atoms with Gasteiger partial charge < -0.3 is 40.3 Å². The average Bonchev–Trinajstić information content (AvgIpc) is 3.22. The molecule has 1 unspecified atom stereocenters. The quantitative estimate of drug-likeness (QED) is 0.0486. The van der Waals surface area contributed by atoms with Gasteiger partial charge in [0.05, 0.1) is 43.6 Å². The van der Waals surface area contributed by atoms with Crippen LogP contribution in [-0.2, 0) is 34.0 Å². The molecule has 0 amide bonds. The van der Waals surface area contributed by atoms with Gasteiger partial charge in [0.1, 0.15) is 11.5 Å². The minimum Gasteiger partial charge on any atom is -0.507 e. The predicted molar refractivity (Wildman–Crippen MR) is 195 cm³/mol. The molecular formula is C39H41NO11. The van der Waals surface area contributed by atoms with E-state index >= 15 is 0 Å². The topological polar surface area (TPSA) is 200 Å². The van der Waals surface area contributed by atoms with Gasteiger partial charge in [-0.1, -0.05) is 11.6 Å². The van der Waals surface area contributed by atoms with Gasteiger partial charge in [-0.25, -0.2) is 0 Å². The van der Waals surface area contributed by atoms with E-state index in [0.29, 0.717) is 91.7 Å². The second kappa shape index (κ2) is 14.4. The number of phenols is 1. The summed E-state index contributed by atoms with van der Waals surface area (Å²) in [6.07, 6.45) is 3.07. The highest BCUT2D eigenvalue weighted by molar-refractivity contribution is 6.39. The maximum atomic E-state index is 14.7. The molecule has 12 heteroatoms. The molecule has 51 heavy (non-hydrogen) atoms. The number of fused-ring (bicyclic) bond motifs is 1. The normalized spacial score (nSPS) is 14.2. The fourth-order valence-corrected chi connectivity index (χ4v) is 8.01. The van der Waals surface area contributed by atoms with Crippen molar-refractivity contribution in [2.45, 2.75) is 65.1 Å². The summed E-state index contributed by atoms with van der Waals surface area (Å²) in [6, 6.07) is 2.90. The van der Waals surface area contributed by atoms with E-state index in [1.807, 2.05) is 0 Å². The first-order valence-electron chi connectivity index (χ1n) is 17.0. The lowest BCUT2D eigenvalue weighted by atomic mass is 9.78. The van der Waals surface area contributed by atoms with E-state index in [1.54, 1.807) is 19.1 Å². The maximum absolute atomic E-state index is 14.7. The number of carbonyl (C=O) groups is 2. The molecule has 0 saturated carbocycles. The van der Waals surface area contributed by atoms with Crippen LogP contribution in [0.5, 0.6) is 11.5 Å². The number of carboxylic acids is 1. The van der Waals surface area contributed by atoms with Crippen molar-refractivity contribution in [3.05, 3.63) is 66.0 Å². The van der Waals surface area contributed by atoms with Gasteiger partial charge in [0, 0.05) is 53.8 Å². The van der Waals surface area contributed by atoms with Gasteiger partial charge in [0.25, 0.3) is 0 Å². The number of aromatic hydroxyl groups is 1. The lowest BCUT2D eigenvalue weighted by Crippen LogP contribution is -2.19. The van der Waals surface area contributed by atoms with Crippen LogP contribution in [-0.4, -0.2) is 70.8 Å². The number of carbonyl (C=O) groups excluding carboxylic acids is 1. The number of unbranched alkanes of at least 4 members (excludes halogenated alkanes) is 1. The highest BCUT2D eigenvalue weighted by atomic mass is 16.5. The zero-order chi connectivity index (χ0) is 36.7. The van der Waals surface area contributed by atoms with Gasteiger partial charge >= 0.3 is 5.97 Å². The predicted octanol–water partition coefficient (Wildman–Crippen LogP) is 4.29. The van der Waals surface area contributed by atoms with Crippen LogP contribution >= 0.6 is 0 Å². The number of anilines is 1. The van der Waals surface area contributed by atoms with Crippen LogP contribution in [0.3, 0.4) is 0 Å². The van der Waals surface area contributed by atoms with Crippen molar-refractivity contribution in [3.63, 3.8) is 0 Å². The largest absolute Gasteiger partial charge is 0.507 e. The van der Waals surface area contributed by atoms with E-state index in [2.05, 4.69) is 5.32 Å². The zero-order valence-electron chi connectivity index (χ0n) is 28.8. The first-order valence-corrected chi connectivity index (χ1v) is 17.0. The lowest BCUT2D eigenvalue weighted by molar-refractivity contribution is -0.137. The molecule has 0 aliphatic heterocycles. The van der Waals surface area contributed by atoms with E-state index in [4.69, 9.17) is 14.6 Å². The van der Waals surface area contributed by atoms with Crippen molar-refractivity contribution in [1.29, 1.82) is 0 Å². The van der Waals surface area contributed by atoms with Crippen LogP contribution in [0.1, 0.15) is 73.3 Å². The highest BCUT2D eigenvalue weighted by Gasteiger charge is 2.36. The minimum atomic E-state index is -0.955. The van der Waals surface area contributed by atoms with E-state index in [-0.39, 0.29) is 66.2 Å². The Bertz CT molecular complexity index is 2350. The standard InChI is InChI=1S/C39H41NO11/c1-18-13-23-22(7-4-5-8-26(46)47)37(48)32-25(45)15-21(17-43)29-28-20(16-42)14-24(40-9-12-51-11-6-10-41)31-34(28)35(30(23)33(29)32)36(27(18)19(2)44)39(50-3)38(31)49/h13-15,27,40-43,48H,4-12,16-17H2,1-3H3,(H,46,47). The Morgan fingerprint density at radius 1 is 0.863 bits per heavy atom. The Hall–Kier alpha value is -4.88. The van der Waals surface area contributed by atoms with Gasteiger partial charge in [0.2, 0.25) is 5.43 Å². The van der Waals surface area contributed by atoms with Gasteiger partial charge in [-0.15, -0.1) is 0 Å². The average molecular weight is 700 g/mol. The molecule has 1 atom stereocenters. The number of aliphatic hydroxyl groups excluding tert-OH is 3. The molecule has 5 aromatic carbocycles. The SMILES string of the molecule is COc1c2c3c4c(c(CCCCC(=O)O)c(O)c5c(=O)cc(CO)c(c6c(CO)cc(NCCOCCCO)c(c1=O)c63)c54)C=C(C)C2C(C)=O. The molecule has 0 fully saturated rings. The maximum Gasteiger partial charge on any atom is 0.303 e. The third-order valence-corrected chi connectivity index (χ3v) is 9.99. The molecule has 6 N–H and O–H groups in total. The smallest absolute Gasteiger partial charge is 0.303 e. The Morgan fingerprint density at radius 2 is 1.55 bits per heavy atom. The lowest BCUT2D eigenvalue weighted by Gasteiger charge is -2.26. The number of carboxylic acid groups (broad SMARTS) is 1. The number of nitrogens with one attached hydrogen (secondary N) is 1. The van der Waals surface area contributed by atoms with Gasteiger partial charge in [-0.05, 0) is 89.9 Å². The van der Waals surface area contributed by atoms with Crippen LogP contribution < -0.4 is 20.9 Å². The van der Waals surface area contributed by atoms with Gasteiger partial charge in [-0.2, -0.15) is 0 Å². The van der Waals surface area contributed by atoms with Crippen LogP contribution in [0, 0.1) is 0 Å². The van der Waals surface area contributed by atoms with Crippen LogP contribution in [0.4, 0.5) is 5.69 Å². The monoisotopic (exact) mass is 699 g/mol. The summed E-state index contributed by atoms with van der Waals surface area (Å²) >= 11 is 0. The van der Waals surface area contributed by atoms with Crippen molar-refractivity contribution < 1.29 is 44.6 Å². The second-order valence-electron chi connectivity index (χ2n) is 13.1. The summed E-state index contributed by atoms with van der Waals surface area (Å²) in [6.45, 7) is 2.98. The minimum absolute atomic E-state index is 0.0115. The number of ketones is 1. The first kappa shape index (κ1) is 35.9. The third kappa shape index (κ3) is 5.81. The molecule has 0 aromatic heterocycles. The summed E-state index contributed by atoms with van der Waals surface area (Å²) in [5, 5.41) is 57.8. The number of ether oxygens (including phenoxy) is 2. The van der Waals surface area contributed by atoms with Crippen molar-refractivity contribution >= 4 is 66.6 Å². The fraction of sp³-hybridized carbons (Fsp3) is 0.385. The van der Waals surface area contributed by atoms with E-state index in [1.165, 1.54) is 20.1 Å². The highest BCUT2D eigenvalue weighted by Crippen LogP contribution is 2.54. The summed E-state index contributed by atoms with van der Waals surface area (Å²) in [5.74, 6) is -2.52. The van der Waals surface area contributed by atoms with Crippen molar-refractivity contribution in [3.8, 4) is 11.5 Å². The van der Waals surface area contributed by atoms with Gasteiger partial charge in [0.15, 0.2) is 11.2 Å². The summed E-state index contributed by atoms with van der Waals surface area (Å²) in [7, 11) is 1.36. The van der Waals surface area contributed by atoms with Crippen molar-refractivity contribution in [2.24, 2.45) is 0 Å². The Kier molecular flexibility index (Phi) is 10.1. The number of aliphatic carboxylic acids is 1. The number of hydrogen-bond donors (Lipinski definition) is 6. The molecule has 1 aliphatic carbocycles. The number of hydrogen-bond acceptors (Lipinski definition) is 11. The molecule has 5 aromatic rings. The van der Waals surface area contributed by atoms with Crippen LogP contribution in [0.15, 0.2) is 27.3 Å². The summed E-state index contributed by atoms with van der Waals surface area (Å²) in [5.41, 5.74) is 1.73. The van der Waals surface area contributed by atoms with Crippen molar-refractivity contribution in [2.75, 3.05) is 38.8 Å². The molecule has 12 nitrogen and oxygen atoms in total. The molecule has 268 valence electrons. The number of rotatable bonds is 16. The number of Topliss-reactive ketones (excluding diaryl/α,β-unsaturated/α-hetero) is 1. The molecule has 6 rings (SSSR count). The van der Waals surface area contributed by atoms with E-state index in [9.17, 15) is 39.6 Å². The number of methoxy groups -OCH3 is 1. The Balaban J connectivity index is 1.87. The van der Waals surface area contributed by atoms with Crippen LogP contribution in [0.2, 0.25) is 0 Å². The zero-order valence-corrected chi connectivity index (χ0v) is 28.8. The molecular weight excluding hydrogens is 658 g/mol. The molecule has 0 radical (unpaired) electrons. The molecule has 0 saturated heterocycles. The Labute approximate surface area is 292 Å². The molecule has 0 bridgehead atoms. The van der Waals surface area contributed by atoms with Gasteiger partial charge in [-0.3, -0.25) is 19.2 Å². The number of allylic oxidation sites excluding steroid dienone is 1. The second-order valence-corrected chi connectivity index (χ2v) is 13.1. The third-order valence-electron chi connectivity index (χ3n) is 9.99. The summed E-state index contributed by atoms with van der Waals surface area (Å²) < 4.78 is 11.5. The van der Waals surface area contributed by atoms with E-state index in [0.717, 1.165) is 0 Å². The van der Waals surface area contributed by atoms with E-state index < -0.39 is 36.0 Å².